The van der Waals surface area contributed by atoms with E-state index in [4.69, 9.17) is 0 Å². The molecule has 22 heavy (non-hydrogen) atoms. The van der Waals surface area contributed by atoms with Crippen LogP contribution >= 0.6 is 23.5 Å². The van der Waals surface area contributed by atoms with Gasteiger partial charge < -0.3 is 0 Å². The van der Waals surface area contributed by atoms with E-state index >= 15 is 0 Å². The zero-order valence-corrected chi connectivity index (χ0v) is 13.3. The molecule has 0 spiro atoms. The molecule has 4 nitrogen and oxygen atoms in total. The number of fused-ring (bicyclic) bond motifs is 2. The third-order valence-electron chi connectivity index (χ3n) is 3.55. The summed E-state index contributed by atoms with van der Waals surface area (Å²) in [7, 11) is 0. The van der Waals surface area contributed by atoms with E-state index in [1.807, 2.05) is 30.0 Å². The van der Waals surface area contributed by atoms with Crippen LogP contribution in [0.5, 0.6) is 0 Å². The molecule has 4 rings (SSSR count). The quantitative estimate of drug-likeness (QED) is 0.677. The minimum Gasteiger partial charge on any atom is -0.286 e. The van der Waals surface area contributed by atoms with Gasteiger partial charge >= 0.3 is 0 Å². The number of aromatic nitrogens is 3. The van der Waals surface area contributed by atoms with Crippen LogP contribution in [0.3, 0.4) is 0 Å². The van der Waals surface area contributed by atoms with Crippen molar-refractivity contribution in [1.82, 2.24) is 14.5 Å². The summed E-state index contributed by atoms with van der Waals surface area (Å²) < 4.78 is 1.80. The molecule has 110 valence electrons. The predicted octanol–water partition coefficient (Wildman–Crippen LogP) is 3.06. The predicted molar refractivity (Wildman–Crippen MR) is 90.6 cm³/mol. The second-order valence-electron chi connectivity index (χ2n) is 5.07. The number of nitrogens with zero attached hydrogens (tertiary/aromatic N) is 3. The molecule has 3 heterocycles. The molecule has 1 aliphatic rings. The van der Waals surface area contributed by atoms with E-state index in [1.54, 1.807) is 34.8 Å². The van der Waals surface area contributed by atoms with Crippen LogP contribution in [0.25, 0.3) is 10.9 Å². The van der Waals surface area contributed by atoms with E-state index in [9.17, 15) is 4.79 Å². The first-order valence-electron chi connectivity index (χ1n) is 7.00. The first-order valence-corrected chi connectivity index (χ1v) is 8.87. The van der Waals surface area contributed by atoms with Crippen molar-refractivity contribution >= 4 is 34.4 Å². The average molecular weight is 327 g/mol. The number of rotatable bonds is 2. The average Bonchev–Trinajstić information content (AvgIpc) is 2.57. The molecule has 0 saturated carbocycles. The lowest BCUT2D eigenvalue weighted by Crippen LogP contribution is -2.32. The maximum absolute atomic E-state index is 12.6. The van der Waals surface area contributed by atoms with Crippen LogP contribution < -0.4 is 5.56 Å². The van der Waals surface area contributed by atoms with Crippen LogP contribution in [-0.4, -0.2) is 25.5 Å². The van der Waals surface area contributed by atoms with Crippen LogP contribution in [0.4, 0.5) is 0 Å². The number of thioether (sulfide) groups is 2. The summed E-state index contributed by atoms with van der Waals surface area (Å²) in [5.41, 5.74) is 0.716. The number of hydrogen-bond acceptors (Lipinski definition) is 5. The summed E-state index contributed by atoms with van der Waals surface area (Å²) in [6, 6.07) is 12.1. The van der Waals surface area contributed by atoms with Gasteiger partial charge in [-0.05, 0) is 18.2 Å². The highest BCUT2D eigenvalue weighted by atomic mass is 32.2. The highest BCUT2D eigenvalue weighted by Gasteiger charge is 2.23. The number of pyridine rings is 1. The standard InChI is InChI=1S/C16H13N3OS2/c20-15-13-6-7-17-8-14(13)18-16-19(15)9-12(10-21-16)22-11-4-2-1-3-5-11/h1-8,12H,9-10H2. The molecule has 0 saturated heterocycles. The first-order chi connectivity index (χ1) is 10.8. The van der Waals surface area contributed by atoms with E-state index in [0.29, 0.717) is 22.7 Å². The van der Waals surface area contributed by atoms with E-state index in [1.165, 1.54) is 4.90 Å². The summed E-state index contributed by atoms with van der Waals surface area (Å²) in [5.74, 6) is 0.956. The van der Waals surface area contributed by atoms with Gasteiger partial charge in [0.2, 0.25) is 0 Å². The molecule has 0 amide bonds. The van der Waals surface area contributed by atoms with Gasteiger partial charge in [0.25, 0.3) is 5.56 Å². The summed E-state index contributed by atoms with van der Waals surface area (Å²) >= 11 is 3.47. The van der Waals surface area contributed by atoms with Crippen LogP contribution in [0.1, 0.15) is 0 Å². The van der Waals surface area contributed by atoms with Gasteiger partial charge in [0, 0.05) is 28.6 Å². The van der Waals surface area contributed by atoms with E-state index in [-0.39, 0.29) is 5.56 Å². The van der Waals surface area contributed by atoms with Gasteiger partial charge in [-0.1, -0.05) is 30.0 Å². The molecule has 0 N–H and O–H groups in total. The Hall–Kier alpha value is -1.79. The molecular weight excluding hydrogens is 314 g/mol. The first kappa shape index (κ1) is 13.8. The van der Waals surface area contributed by atoms with Crippen molar-refractivity contribution in [3.8, 4) is 0 Å². The monoisotopic (exact) mass is 327 g/mol. The van der Waals surface area contributed by atoms with Crippen LogP contribution in [0.2, 0.25) is 0 Å². The van der Waals surface area contributed by atoms with Crippen LogP contribution in [-0.2, 0) is 6.54 Å². The van der Waals surface area contributed by atoms with E-state index in [2.05, 4.69) is 22.1 Å². The Kier molecular flexibility index (Phi) is 3.63. The van der Waals surface area contributed by atoms with Crippen molar-refractivity contribution < 1.29 is 0 Å². The number of hydrogen-bond donors (Lipinski definition) is 0. The van der Waals surface area contributed by atoms with Crippen molar-refractivity contribution in [3.63, 3.8) is 0 Å². The van der Waals surface area contributed by atoms with E-state index < -0.39 is 0 Å². The lowest BCUT2D eigenvalue weighted by atomic mass is 10.3. The minimum absolute atomic E-state index is 0.0354. The topological polar surface area (TPSA) is 47.8 Å². The Balaban J connectivity index is 1.68. The Morgan fingerprint density at radius 3 is 2.95 bits per heavy atom. The second-order valence-corrected chi connectivity index (χ2v) is 7.43. The molecule has 1 aliphatic heterocycles. The fourth-order valence-electron chi connectivity index (χ4n) is 2.51. The highest BCUT2D eigenvalue weighted by Crippen LogP contribution is 2.32. The lowest BCUT2D eigenvalue weighted by Gasteiger charge is -2.24. The highest BCUT2D eigenvalue weighted by molar-refractivity contribution is 8.03. The van der Waals surface area contributed by atoms with Gasteiger partial charge in [-0.15, -0.1) is 11.8 Å². The van der Waals surface area contributed by atoms with Crippen molar-refractivity contribution in [1.29, 1.82) is 0 Å². The normalized spacial score (nSPS) is 17.4. The fourth-order valence-corrected chi connectivity index (χ4v) is 4.83. The van der Waals surface area contributed by atoms with Crippen molar-refractivity contribution in [2.45, 2.75) is 21.8 Å². The minimum atomic E-state index is 0.0354. The molecule has 1 aromatic carbocycles. The molecule has 0 bridgehead atoms. The smallest absolute Gasteiger partial charge is 0.262 e. The SMILES string of the molecule is O=c1c2ccncc2nc2n1CC(Sc1ccccc1)CS2. The second kappa shape index (κ2) is 5.78. The van der Waals surface area contributed by atoms with Gasteiger partial charge in [-0.25, -0.2) is 4.98 Å². The Labute approximate surface area is 136 Å². The molecule has 3 aromatic rings. The van der Waals surface area contributed by atoms with Gasteiger partial charge in [0.1, 0.15) is 0 Å². The molecule has 0 fully saturated rings. The molecule has 1 unspecified atom stereocenters. The number of benzene rings is 1. The summed E-state index contributed by atoms with van der Waals surface area (Å²) in [6.45, 7) is 0.700. The summed E-state index contributed by atoms with van der Waals surface area (Å²) in [4.78, 5) is 22.5. The van der Waals surface area contributed by atoms with Gasteiger partial charge in [-0.2, -0.15) is 0 Å². The van der Waals surface area contributed by atoms with Gasteiger partial charge in [0.15, 0.2) is 5.16 Å². The summed E-state index contributed by atoms with van der Waals surface area (Å²) in [5, 5.41) is 1.82. The molecule has 2 aromatic heterocycles. The van der Waals surface area contributed by atoms with Crippen molar-refractivity contribution in [2.75, 3.05) is 5.75 Å². The third kappa shape index (κ3) is 2.53. The Bertz CT molecular complexity index is 879. The van der Waals surface area contributed by atoms with Crippen LogP contribution in [0, 0.1) is 0 Å². The zero-order valence-electron chi connectivity index (χ0n) is 11.7. The summed E-state index contributed by atoms with van der Waals surface area (Å²) in [6.07, 6.45) is 3.30. The Morgan fingerprint density at radius 2 is 2.09 bits per heavy atom. The van der Waals surface area contributed by atoms with Gasteiger partial charge in [-0.3, -0.25) is 14.3 Å². The fraction of sp³-hybridized carbons (Fsp3) is 0.188. The molecule has 0 aliphatic carbocycles. The maximum atomic E-state index is 12.6. The third-order valence-corrected chi connectivity index (χ3v) is 6.10. The van der Waals surface area contributed by atoms with Crippen molar-refractivity contribution in [2.24, 2.45) is 0 Å². The zero-order chi connectivity index (χ0) is 14.9. The molecule has 0 radical (unpaired) electrons. The van der Waals surface area contributed by atoms with Crippen molar-refractivity contribution in [3.05, 3.63) is 59.1 Å². The molecule has 1 atom stereocenters. The molecular formula is C16H13N3OS2. The molecule has 6 heteroatoms. The van der Waals surface area contributed by atoms with Crippen LogP contribution in [0.15, 0.2) is 63.6 Å². The Morgan fingerprint density at radius 1 is 1.23 bits per heavy atom. The van der Waals surface area contributed by atoms with E-state index in [0.717, 1.165) is 10.9 Å². The maximum Gasteiger partial charge on any atom is 0.262 e. The lowest BCUT2D eigenvalue weighted by molar-refractivity contribution is 0.580. The van der Waals surface area contributed by atoms with Gasteiger partial charge in [0.05, 0.1) is 17.1 Å². The largest absolute Gasteiger partial charge is 0.286 e.